The van der Waals surface area contributed by atoms with Crippen molar-refractivity contribution in [2.75, 3.05) is 37.7 Å². The fraction of sp³-hybridized carbons (Fsp3) is 0.409. The second-order valence-electron chi connectivity index (χ2n) is 7.43. The van der Waals surface area contributed by atoms with Crippen molar-refractivity contribution in [2.24, 2.45) is 0 Å². The van der Waals surface area contributed by atoms with E-state index >= 15 is 0 Å². The normalized spacial score (nSPS) is 16.6. The van der Waals surface area contributed by atoms with Crippen LogP contribution in [0, 0.1) is 0 Å². The first kappa shape index (κ1) is 19.4. The van der Waals surface area contributed by atoms with E-state index in [-0.39, 0.29) is 18.2 Å². The summed E-state index contributed by atoms with van der Waals surface area (Å²) in [5.74, 6) is -1.37. The summed E-state index contributed by atoms with van der Waals surface area (Å²) in [5, 5.41) is 10.4. The van der Waals surface area contributed by atoms with Crippen LogP contribution in [-0.4, -0.2) is 60.6 Å². The summed E-state index contributed by atoms with van der Waals surface area (Å²) in [7, 11) is 0. The molecular formula is C22H24N2O5. The maximum absolute atomic E-state index is 13.1. The molecule has 2 aliphatic rings. The van der Waals surface area contributed by atoms with Crippen molar-refractivity contribution in [3.8, 4) is 0 Å². The lowest BCUT2D eigenvalue weighted by Crippen LogP contribution is -2.41. The Labute approximate surface area is 168 Å². The Hall–Kier alpha value is -2.93. The quantitative estimate of drug-likeness (QED) is 0.572. The molecular weight excluding hydrogens is 372 g/mol. The van der Waals surface area contributed by atoms with Crippen LogP contribution in [0.15, 0.2) is 30.3 Å². The molecule has 152 valence electrons. The lowest BCUT2D eigenvalue weighted by Gasteiger charge is -2.32. The summed E-state index contributed by atoms with van der Waals surface area (Å²) in [6.07, 6.45) is 1.91. The maximum Gasteiger partial charge on any atom is 0.303 e. The van der Waals surface area contributed by atoms with Gasteiger partial charge in [0.2, 0.25) is 0 Å². The molecule has 2 aliphatic heterocycles. The average Bonchev–Trinajstić information content (AvgIpc) is 2.74. The molecule has 0 bridgehead atoms. The van der Waals surface area contributed by atoms with Crippen molar-refractivity contribution >= 4 is 34.2 Å². The van der Waals surface area contributed by atoms with Crippen LogP contribution in [0.5, 0.6) is 0 Å². The van der Waals surface area contributed by atoms with Crippen LogP contribution in [0.2, 0.25) is 0 Å². The Bertz CT molecular complexity index is 943. The van der Waals surface area contributed by atoms with E-state index < -0.39 is 5.97 Å². The number of ether oxygens (including phenoxy) is 1. The third-order valence-corrected chi connectivity index (χ3v) is 5.59. The number of carbonyl (C=O) groups is 3. The lowest BCUT2D eigenvalue weighted by atomic mass is 9.92. The number of carboxylic acids is 1. The van der Waals surface area contributed by atoms with Gasteiger partial charge in [-0.1, -0.05) is 18.6 Å². The molecule has 2 heterocycles. The fourth-order valence-corrected chi connectivity index (χ4v) is 4.14. The summed E-state index contributed by atoms with van der Waals surface area (Å²) in [6, 6.07) is 9.40. The van der Waals surface area contributed by atoms with Gasteiger partial charge in [-0.2, -0.15) is 0 Å². The molecule has 0 saturated carbocycles. The van der Waals surface area contributed by atoms with Gasteiger partial charge in [-0.3, -0.25) is 19.3 Å². The highest BCUT2D eigenvalue weighted by Gasteiger charge is 2.33. The highest BCUT2D eigenvalue weighted by molar-refractivity contribution is 6.26. The predicted molar refractivity (Wildman–Crippen MR) is 108 cm³/mol. The number of hydrogen-bond donors (Lipinski definition) is 1. The van der Waals surface area contributed by atoms with Crippen LogP contribution in [0.25, 0.3) is 10.8 Å². The summed E-state index contributed by atoms with van der Waals surface area (Å²) < 4.78 is 5.44. The largest absolute Gasteiger partial charge is 0.481 e. The summed E-state index contributed by atoms with van der Waals surface area (Å²) in [4.78, 5) is 40.3. The van der Waals surface area contributed by atoms with Crippen molar-refractivity contribution in [2.45, 2.75) is 25.7 Å². The van der Waals surface area contributed by atoms with Gasteiger partial charge in [-0.15, -0.1) is 0 Å². The monoisotopic (exact) mass is 396 g/mol. The lowest BCUT2D eigenvalue weighted by molar-refractivity contribution is -0.137. The first-order valence-corrected chi connectivity index (χ1v) is 10.0. The first-order chi connectivity index (χ1) is 14.1. The summed E-state index contributed by atoms with van der Waals surface area (Å²) in [5.41, 5.74) is 2.13. The zero-order chi connectivity index (χ0) is 20.4. The molecule has 29 heavy (non-hydrogen) atoms. The van der Waals surface area contributed by atoms with Crippen molar-refractivity contribution in [3.05, 3.63) is 41.5 Å². The zero-order valence-corrected chi connectivity index (χ0v) is 16.2. The predicted octanol–water partition coefficient (Wildman–Crippen LogP) is 2.92. The van der Waals surface area contributed by atoms with Crippen molar-refractivity contribution < 1.29 is 24.2 Å². The second-order valence-corrected chi connectivity index (χ2v) is 7.43. The zero-order valence-electron chi connectivity index (χ0n) is 16.2. The Morgan fingerprint density at radius 3 is 2.41 bits per heavy atom. The number of aliphatic carboxylic acids is 1. The van der Waals surface area contributed by atoms with Gasteiger partial charge in [0, 0.05) is 53.6 Å². The van der Waals surface area contributed by atoms with Crippen LogP contribution >= 0.6 is 0 Å². The highest BCUT2D eigenvalue weighted by Crippen LogP contribution is 2.36. The smallest absolute Gasteiger partial charge is 0.303 e. The van der Waals surface area contributed by atoms with E-state index in [0.29, 0.717) is 50.1 Å². The van der Waals surface area contributed by atoms with E-state index in [9.17, 15) is 14.4 Å². The second kappa shape index (κ2) is 8.21. The van der Waals surface area contributed by atoms with Gasteiger partial charge < -0.3 is 14.7 Å². The Morgan fingerprint density at radius 1 is 0.966 bits per heavy atom. The molecule has 1 N–H and O–H groups in total. The number of nitrogens with zero attached hydrogens (tertiary/aromatic N) is 2. The van der Waals surface area contributed by atoms with Crippen LogP contribution in [-0.2, 0) is 9.53 Å². The van der Waals surface area contributed by atoms with E-state index in [4.69, 9.17) is 9.84 Å². The average molecular weight is 396 g/mol. The van der Waals surface area contributed by atoms with Crippen LogP contribution in [0.1, 0.15) is 46.4 Å². The molecule has 1 fully saturated rings. The van der Waals surface area contributed by atoms with E-state index in [1.54, 1.807) is 6.07 Å². The van der Waals surface area contributed by atoms with Crippen molar-refractivity contribution in [1.29, 1.82) is 0 Å². The van der Waals surface area contributed by atoms with E-state index in [1.165, 1.54) is 4.90 Å². The van der Waals surface area contributed by atoms with Crippen LogP contribution < -0.4 is 4.90 Å². The minimum Gasteiger partial charge on any atom is -0.481 e. The summed E-state index contributed by atoms with van der Waals surface area (Å²) in [6.45, 7) is 3.19. The topological polar surface area (TPSA) is 87.2 Å². The van der Waals surface area contributed by atoms with Crippen LogP contribution in [0.4, 0.5) is 5.69 Å². The summed E-state index contributed by atoms with van der Waals surface area (Å²) >= 11 is 0. The molecule has 7 nitrogen and oxygen atoms in total. The standard InChI is InChI=1S/C22H24N2O5/c25-19(26)7-2-1-3-10-24-21(27)16-6-4-5-15-18(23-11-13-29-14-12-23)9-8-17(20(15)16)22(24)28/h4-6,8-9H,1-3,7,10-14H2,(H,25,26). The minimum absolute atomic E-state index is 0.106. The minimum atomic E-state index is -0.827. The molecule has 4 rings (SSSR count). The molecule has 0 aromatic heterocycles. The van der Waals surface area contributed by atoms with Gasteiger partial charge in [0.15, 0.2) is 0 Å². The number of unbranched alkanes of at least 4 members (excludes halogenated alkanes) is 2. The molecule has 7 heteroatoms. The van der Waals surface area contributed by atoms with Crippen molar-refractivity contribution in [3.63, 3.8) is 0 Å². The number of morpholine rings is 1. The van der Waals surface area contributed by atoms with Gasteiger partial charge in [-0.25, -0.2) is 0 Å². The highest BCUT2D eigenvalue weighted by atomic mass is 16.5. The number of anilines is 1. The molecule has 2 aromatic carbocycles. The molecule has 0 unspecified atom stereocenters. The van der Waals surface area contributed by atoms with E-state index in [2.05, 4.69) is 4.90 Å². The van der Waals surface area contributed by atoms with Gasteiger partial charge in [0.1, 0.15) is 0 Å². The number of rotatable bonds is 7. The Balaban J connectivity index is 1.61. The molecule has 0 radical (unpaired) electrons. The molecule has 2 amide bonds. The van der Waals surface area contributed by atoms with Gasteiger partial charge in [0.25, 0.3) is 11.8 Å². The molecule has 2 aromatic rings. The number of benzene rings is 2. The van der Waals surface area contributed by atoms with E-state index in [1.807, 2.05) is 24.3 Å². The van der Waals surface area contributed by atoms with Crippen LogP contribution in [0.3, 0.4) is 0 Å². The SMILES string of the molecule is O=C(O)CCCCCN1C(=O)c2cccc3c(N4CCOCC4)ccc(c23)C1=O. The molecule has 0 spiro atoms. The van der Waals surface area contributed by atoms with Gasteiger partial charge in [-0.05, 0) is 31.0 Å². The Morgan fingerprint density at radius 2 is 1.69 bits per heavy atom. The number of imide groups is 1. The number of hydrogen-bond acceptors (Lipinski definition) is 5. The van der Waals surface area contributed by atoms with Gasteiger partial charge >= 0.3 is 5.97 Å². The molecule has 0 aliphatic carbocycles. The van der Waals surface area contributed by atoms with Crippen molar-refractivity contribution in [1.82, 2.24) is 4.90 Å². The number of carbonyl (C=O) groups excluding carboxylic acids is 2. The number of amides is 2. The van der Waals surface area contributed by atoms with E-state index in [0.717, 1.165) is 29.5 Å². The third kappa shape index (κ3) is 3.70. The maximum atomic E-state index is 13.1. The Kier molecular flexibility index (Phi) is 5.49. The molecule has 0 atom stereocenters. The third-order valence-electron chi connectivity index (χ3n) is 5.59. The van der Waals surface area contributed by atoms with Gasteiger partial charge in [0.05, 0.1) is 13.2 Å². The number of carboxylic acid groups (broad SMARTS) is 1. The fourth-order valence-electron chi connectivity index (χ4n) is 4.14. The molecule has 1 saturated heterocycles. The first-order valence-electron chi connectivity index (χ1n) is 10.0.